The summed E-state index contributed by atoms with van der Waals surface area (Å²) >= 11 is 5.92. The lowest BCUT2D eigenvalue weighted by atomic mass is 10.1. The highest BCUT2D eigenvalue weighted by atomic mass is 35.5. The second kappa shape index (κ2) is 8.98. The molecule has 2 aromatic rings. The predicted molar refractivity (Wildman–Crippen MR) is 120 cm³/mol. The van der Waals surface area contributed by atoms with Crippen LogP contribution >= 0.6 is 11.6 Å². The van der Waals surface area contributed by atoms with Crippen molar-refractivity contribution < 1.29 is 14.4 Å². The van der Waals surface area contributed by atoms with Gasteiger partial charge in [-0.2, -0.15) is 0 Å². The van der Waals surface area contributed by atoms with Gasteiger partial charge in [-0.3, -0.25) is 14.5 Å². The van der Waals surface area contributed by atoms with Gasteiger partial charge in [0.2, 0.25) is 11.8 Å². The van der Waals surface area contributed by atoms with E-state index >= 15 is 0 Å². The maximum Gasteiger partial charge on any atom is 0.322 e. The number of anilines is 2. The number of carbonyl (C=O) groups excluding carboxylic acids is 3. The van der Waals surface area contributed by atoms with E-state index < -0.39 is 0 Å². The van der Waals surface area contributed by atoms with Crippen molar-refractivity contribution in [1.82, 2.24) is 9.80 Å². The quantitative estimate of drug-likeness (QED) is 0.743. The summed E-state index contributed by atoms with van der Waals surface area (Å²) in [5.74, 6) is -0.399. The second-order valence-electron chi connectivity index (χ2n) is 7.87. The van der Waals surface area contributed by atoms with Gasteiger partial charge in [0, 0.05) is 22.4 Å². The Morgan fingerprint density at radius 3 is 2.58 bits per heavy atom. The molecule has 1 saturated heterocycles. The van der Waals surface area contributed by atoms with Crippen molar-refractivity contribution in [2.45, 2.75) is 32.2 Å². The van der Waals surface area contributed by atoms with Gasteiger partial charge >= 0.3 is 6.03 Å². The normalized spacial score (nSPS) is 15.9. The first-order valence-electron chi connectivity index (χ1n) is 10.4. The first kappa shape index (κ1) is 21.2. The number of hydrogen-bond donors (Lipinski definition) is 1. The molecule has 7 nitrogen and oxygen atoms in total. The zero-order valence-electron chi connectivity index (χ0n) is 17.4. The monoisotopic (exact) mass is 440 g/mol. The number of urea groups is 1. The molecule has 2 fully saturated rings. The van der Waals surface area contributed by atoms with Crippen LogP contribution in [0.15, 0.2) is 48.5 Å². The molecule has 162 valence electrons. The number of nitrogens with one attached hydrogen (secondary N) is 1. The zero-order valence-corrected chi connectivity index (χ0v) is 18.1. The lowest BCUT2D eigenvalue weighted by Crippen LogP contribution is -2.45. The zero-order chi connectivity index (χ0) is 22.0. The lowest BCUT2D eigenvalue weighted by Gasteiger charge is -2.25. The summed E-state index contributed by atoms with van der Waals surface area (Å²) in [7, 11) is 0. The van der Waals surface area contributed by atoms with Crippen molar-refractivity contribution in [3.63, 3.8) is 0 Å². The van der Waals surface area contributed by atoms with E-state index in [1.54, 1.807) is 34.1 Å². The Morgan fingerprint density at radius 1 is 1.16 bits per heavy atom. The molecule has 0 aromatic heterocycles. The van der Waals surface area contributed by atoms with Gasteiger partial charge in [0.25, 0.3) is 0 Å². The van der Waals surface area contributed by atoms with Gasteiger partial charge in [-0.05, 0) is 61.2 Å². The molecule has 1 heterocycles. The molecule has 0 atom stereocenters. The number of benzene rings is 2. The van der Waals surface area contributed by atoms with E-state index in [0.29, 0.717) is 16.4 Å². The van der Waals surface area contributed by atoms with Gasteiger partial charge < -0.3 is 15.1 Å². The maximum absolute atomic E-state index is 12.9. The van der Waals surface area contributed by atoms with Gasteiger partial charge in [-0.15, -0.1) is 0 Å². The Labute approximate surface area is 186 Å². The molecule has 1 N–H and O–H groups in total. The number of carbonyl (C=O) groups is 3. The van der Waals surface area contributed by atoms with Gasteiger partial charge in [-0.1, -0.05) is 30.7 Å². The van der Waals surface area contributed by atoms with Crippen molar-refractivity contribution in [3.8, 4) is 0 Å². The predicted octanol–water partition coefficient (Wildman–Crippen LogP) is 3.73. The largest absolute Gasteiger partial charge is 0.322 e. The van der Waals surface area contributed by atoms with E-state index in [-0.39, 0.29) is 43.6 Å². The highest BCUT2D eigenvalue weighted by Gasteiger charge is 2.37. The van der Waals surface area contributed by atoms with E-state index in [1.165, 1.54) is 4.90 Å². The van der Waals surface area contributed by atoms with Gasteiger partial charge in [0.1, 0.15) is 19.8 Å². The minimum Gasteiger partial charge on any atom is -0.314 e. The van der Waals surface area contributed by atoms with Crippen LogP contribution in [0.2, 0.25) is 5.02 Å². The molecule has 4 amide bonds. The van der Waals surface area contributed by atoms with E-state index in [0.717, 1.165) is 24.8 Å². The molecule has 0 unspecified atom stereocenters. The summed E-state index contributed by atoms with van der Waals surface area (Å²) < 4.78 is 0. The second-order valence-corrected chi connectivity index (χ2v) is 8.31. The fraction of sp³-hybridized carbons (Fsp3) is 0.348. The average Bonchev–Trinajstić information content (AvgIpc) is 3.53. The number of hydrogen-bond acceptors (Lipinski definition) is 3. The standard InChI is InChI=1S/C23H25ClN4O3/c1-2-16-4-3-5-18(12-16)25-23(31)27(19-10-11-19)14-21(29)26-13-22(30)28(15-26)20-8-6-17(24)7-9-20/h3-9,12,19H,2,10-11,13-15H2,1H3,(H,25,31). The molecule has 1 saturated carbocycles. The topological polar surface area (TPSA) is 73.0 Å². The number of halogens is 1. The van der Waals surface area contributed by atoms with Crippen LogP contribution in [0, 0.1) is 0 Å². The van der Waals surface area contributed by atoms with Crippen LogP contribution in [0.5, 0.6) is 0 Å². The van der Waals surface area contributed by atoms with Crippen molar-refractivity contribution >= 4 is 40.8 Å². The van der Waals surface area contributed by atoms with Crippen LogP contribution in [0.3, 0.4) is 0 Å². The molecule has 0 spiro atoms. The Morgan fingerprint density at radius 2 is 1.90 bits per heavy atom. The Balaban J connectivity index is 1.40. The molecule has 1 aliphatic heterocycles. The van der Waals surface area contributed by atoms with Crippen LogP contribution < -0.4 is 10.2 Å². The first-order valence-corrected chi connectivity index (χ1v) is 10.8. The molecule has 2 aliphatic rings. The van der Waals surface area contributed by atoms with E-state index in [2.05, 4.69) is 12.2 Å². The Hall–Kier alpha value is -3.06. The smallest absolute Gasteiger partial charge is 0.314 e. The summed E-state index contributed by atoms with van der Waals surface area (Å²) in [6, 6.07) is 14.4. The van der Waals surface area contributed by atoms with E-state index in [9.17, 15) is 14.4 Å². The summed E-state index contributed by atoms with van der Waals surface area (Å²) in [6.07, 6.45) is 2.64. The molecule has 2 aromatic carbocycles. The fourth-order valence-electron chi connectivity index (χ4n) is 3.62. The van der Waals surface area contributed by atoms with Crippen molar-refractivity contribution in [2.75, 3.05) is 30.0 Å². The molecule has 1 aliphatic carbocycles. The van der Waals surface area contributed by atoms with Crippen LogP contribution in [0.1, 0.15) is 25.3 Å². The minimum absolute atomic E-state index is 0.000130. The molecular formula is C23H25ClN4O3. The van der Waals surface area contributed by atoms with Gasteiger partial charge in [0.15, 0.2) is 0 Å². The highest BCUT2D eigenvalue weighted by Crippen LogP contribution is 2.28. The van der Waals surface area contributed by atoms with Crippen LogP contribution in [-0.2, 0) is 16.0 Å². The van der Waals surface area contributed by atoms with Gasteiger partial charge in [-0.25, -0.2) is 4.79 Å². The Kier molecular flexibility index (Phi) is 6.13. The maximum atomic E-state index is 12.9. The summed E-state index contributed by atoms with van der Waals surface area (Å²) in [5, 5.41) is 3.49. The molecule has 0 bridgehead atoms. The summed E-state index contributed by atoms with van der Waals surface area (Å²) in [6.45, 7) is 2.17. The minimum atomic E-state index is -0.288. The van der Waals surface area contributed by atoms with Crippen molar-refractivity contribution in [3.05, 3.63) is 59.1 Å². The van der Waals surface area contributed by atoms with Crippen molar-refractivity contribution in [2.24, 2.45) is 0 Å². The van der Waals surface area contributed by atoms with Crippen LogP contribution in [-0.4, -0.2) is 53.4 Å². The molecule has 0 radical (unpaired) electrons. The fourth-order valence-corrected chi connectivity index (χ4v) is 3.75. The number of nitrogens with zero attached hydrogens (tertiary/aromatic N) is 3. The highest BCUT2D eigenvalue weighted by molar-refractivity contribution is 6.30. The number of rotatable bonds is 6. The third kappa shape index (κ3) is 4.99. The molecule has 4 rings (SSSR count). The number of amides is 4. The molecule has 31 heavy (non-hydrogen) atoms. The third-order valence-corrected chi connectivity index (χ3v) is 5.82. The third-order valence-electron chi connectivity index (χ3n) is 5.57. The van der Waals surface area contributed by atoms with Crippen molar-refractivity contribution in [1.29, 1.82) is 0 Å². The van der Waals surface area contributed by atoms with Crippen LogP contribution in [0.25, 0.3) is 0 Å². The summed E-state index contributed by atoms with van der Waals surface area (Å²) in [4.78, 5) is 42.9. The summed E-state index contributed by atoms with van der Waals surface area (Å²) in [5.41, 5.74) is 2.54. The number of aryl methyl sites for hydroxylation is 1. The molecule has 8 heteroatoms. The first-order chi connectivity index (χ1) is 14.9. The van der Waals surface area contributed by atoms with E-state index in [4.69, 9.17) is 11.6 Å². The lowest BCUT2D eigenvalue weighted by molar-refractivity contribution is -0.132. The van der Waals surface area contributed by atoms with E-state index in [1.807, 2.05) is 24.3 Å². The van der Waals surface area contributed by atoms with Crippen LogP contribution in [0.4, 0.5) is 16.2 Å². The molecular weight excluding hydrogens is 416 g/mol. The Bertz CT molecular complexity index is 991. The van der Waals surface area contributed by atoms with Gasteiger partial charge in [0.05, 0.1) is 0 Å². The SMILES string of the molecule is CCc1cccc(NC(=O)N(CC(=O)N2CC(=O)N(c3ccc(Cl)cc3)C2)C2CC2)c1. The average molecular weight is 441 g/mol.